The van der Waals surface area contributed by atoms with E-state index in [1.54, 1.807) is 0 Å². The van der Waals surface area contributed by atoms with Crippen LogP contribution in [0.15, 0.2) is 0 Å². The molecule has 2 amide bonds. The van der Waals surface area contributed by atoms with Gasteiger partial charge in [-0.15, -0.1) is 0 Å². The van der Waals surface area contributed by atoms with Crippen molar-refractivity contribution in [1.29, 1.82) is 0 Å². The Hall–Kier alpha value is -0.580. The Balaban J connectivity index is 3.69. The summed E-state index contributed by atoms with van der Waals surface area (Å²) in [5.41, 5.74) is 0. The van der Waals surface area contributed by atoms with Crippen LogP contribution < -0.4 is 10.6 Å². The summed E-state index contributed by atoms with van der Waals surface area (Å²) >= 11 is 3.31. The molecule has 4 nitrogen and oxygen atoms in total. The molecule has 1 unspecified atom stereocenters. The van der Waals surface area contributed by atoms with E-state index < -0.39 is 0 Å². The molecule has 0 spiro atoms. The van der Waals surface area contributed by atoms with E-state index in [0.29, 0.717) is 25.4 Å². The van der Waals surface area contributed by atoms with Gasteiger partial charge in [0.1, 0.15) is 0 Å². The smallest absolute Gasteiger partial charge is 0.234 e. The third-order valence-electron chi connectivity index (χ3n) is 2.19. The molecular formula is C12H23BrN2O2. The van der Waals surface area contributed by atoms with Crippen LogP contribution in [0.4, 0.5) is 0 Å². The zero-order valence-corrected chi connectivity index (χ0v) is 12.6. The summed E-state index contributed by atoms with van der Waals surface area (Å²) < 4.78 is 0. The lowest BCUT2D eigenvalue weighted by Gasteiger charge is -2.13. The highest BCUT2D eigenvalue weighted by atomic mass is 79.9. The highest BCUT2D eigenvalue weighted by Gasteiger charge is 2.17. The Bertz CT molecular complexity index is 255. The fourth-order valence-corrected chi connectivity index (χ4v) is 1.27. The monoisotopic (exact) mass is 306 g/mol. The van der Waals surface area contributed by atoms with Crippen LogP contribution in [0.5, 0.6) is 0 Å². The second-order valence-corrected chi connectivity index (χ2v) is 5.87. The van der Waals surface area contributed by atoms with Gasteiger partial charge in [0.2, 0.25) is 11.8 Å². The van der Waals surface area contributed by atoms with E-state index >= 15 is 0 Å². The number of hydrogen-bond acceptors (Lipinski definition) is 2. The summed E-state index contributed by atoms with van der Waals surface area (Å²) in [5.74, 6) is 0.609. The maximum absolute atomic E-state index is 11.5. The Morgan fingerprint density at radius 1 is 1.12 bits per heavy atom. The Morgan fingerprint density at radius 3 is 2.18 bits per heavy atom. The third-order valence-corrected chi connectivity index (χ3v) is 3.67. The summed E-state index contributed by atoms with van der Waals surface area (Å²) in [5, 5.41) is 5.54. The molecule has 0 saturated carbocycles. The third kappa shape index (κ3) is 8.18. The van der Waals surface area contributed by atoms with Crippen LogP contribution in [0.3, 0.4) is 0 Å². The highest BCUT2D eigenvalue weighted by Crippen LogP contribution is 2.11. The normalized spacial score (nSPS) is 12.6. The van der Waals surface area contributed by atoms with Crippen molar-refractivity contribution >= 4 is 27.7 Å². The lowest BCUT2D eigenvalue weighted by Crippen LogP contribution is -2.37. The minimum atomic E-state index is -0.193. The molecule has 0 heterocycles. The average molecular weight is 307 g/mol. The Kier molecular flexibility index (Phi) is 8.21. The van der Waals surface area contributed by atoms with Crippen molar-refractivity contribution in [2.45, 2.75) is 38.9 Å². The zero-order valence-electron chi connectivity index (χ0n) is 11.0. The minimum absolute atomic E-state index is 0.0188. The molecule has 0 fully saturated rings. The topological polar surface area (TPSA) is 58.2 Å². The van der Waals surface area contributed by atoms with Crippen LogP contribution in [0.2, 0.25) is 0 Å². The van der Waals surface area contributed by atoms with Crippen molar-refractivity contribution in [3.05, 3.63) is 0 Å². The van der Waals surface area contributed by atoms with E-state index in [1.165, 1.54) is 0 Å². The molecule has 0 aliphatic carbocycles. The van der Waals surface area contributed by atoms with E-state index in [2.05, 4.69) is 26.6 Å². The first-order chi connectivity index (χ1) is 7.84. The minimum Gasteiger partial charge on any atom is -0.356 e. The van der Waals surface area contributed by atoms with Crippen molar-refractivity contribution < 1.29 is 9.59 Å². The van der Waals surface area contributed by atoms with E-state index in [4.69, 9.17) is 0 Å². The molecule has 0 saturated heterocycles. The van der Waals surface area contributed by atoms with Crippen LogP contribution in [-0.2, 0) is 9.59 Å². The van der Waals surface area contributed by atoms with Crippen LogP contribution in [0.25, 0.3) is 0 Å². The number of hydrogen-bond donors (Lipinski definition) is 2. The first-order valence-electron chi connectivity index (χ1n) is 6.03. The average Bonchev–Trinajstić information content (AvgIpc) is 2.24. The fraction of sp³-hybridized carbons (Fsp3) is 0.833. The number of carbonyl (C=O) groups excluding carboxylic acids is 2. The fourth-order valence-electron chi connectivity index (χ4n) is 1.11. The van der Waals surface area contributed by atoms with Crippen molar-refractivity contribution in [2.75, 3.05) is 13.1 Å². The van der Waals surface area contributed by atoms with E-state index in [1.807, 2.05) is 27.7 Å². The van der Waals surface area contributed by atoms with Gasteiger partial charge in [-0.2, -0.15) is 0 Å². The molecule has 17 heavy (non-hydrogen) atoms. The van der Waals surface area contributed by atoms with Gasteiger partial charge in [-0.1, -0.05) is 43.6 Å². The Labute approximate surface area is 112 Å². The molecule has 100 valence electrons. The molecule has 1 atom stereocenters. The molecule has 0 aromatic carbocycles. The quantitative estimate of drug-likeness (QED) is 0.703. The number of nitrogens with one attached hydrogen (secondary N) is 2. The van der Waals surface area contributed by atoms with Crippen LogP contribution >= 0.6 is 15.9 Å². The number of carbonyl (C=O) groups is 2. The molecule has 0 aliphatic rings. The number of halogens is 1. The summed E-state index contributed by atoms with van der Waals surface area (Å²) in [4.78, 5) is 22.7. The van der Waals surface area contributed by atoms with Crippen molar-refractivity contribution in [3.8, 4) is 0 Å². The molecule has 0 aliphatic heterocycles. The molecule has 0 bridgehead atoms. The summed E-state index contributed by atoms with van der Waals surface area (Å²) in [6.07, 6.45) is 0.330. The lowest BCUT2D eigenvalue weighted by molar-refractivity contribution is -0.122. The first kappa shape index (κ1) is 16.4. The number of rotatable bonds is 7. The van der Waals surface area contributed by atoms with E-state index in [-0.39, 0.29) is 22.6 Å². The molecule has 2 N–H and O–H groups in total. The molecule has 5 heteroatoms. The first-order valence-corrected chi connectivity index (χ1v) is 6.94. The summed E-state index contributed by atoms with van der Waals surface area (Å²) in [6.45, 7) is 9.08. The number of amides is 2. The zero-order chi connectivity index (χ0) is 13.4. The van der Waals surface area contributed by atoms with Gasteiger partial charge in [-0.3, -0.25) is 9.59 Å². The molecule has 0 aromatic rings. The predicted octanol–water partition coefficient (Wildman–Crippen LogP) is 1.68. The van der Waals surface area contributed by atoms with Crippen LogP contribution in [0, 0.1) is 11.8 Å². The molecular weight excluding hydrogens is 284 g/mol. The maximum atomic E-state index is 11.5. The van der Waals surface area contributed by atoms with Gasteiger partial charge in [0, 0.05) is 19.5 Å². The second kappa shape index (κ2) is 8.50. The number of alkyl halides is 1. The van der Waals surface area contributed by atoms with Gasteiger partial charge in [0.15, 0.2) is 0 Å². The SMILES string of the molecule is CC(C)CNC(=O)CCNC(=O)C(Br)C(C)C. The largest absolute Gasteiger partial charge is 0.356 e. The molecule has 0 rings (SSSR count). The van der Waals surface area contributed by atoms with Gasteiger partial charge < -0.3 is 10.6 Å². The second-order valence-electron chi connectivity index (χ2n) is 4.88. The van der Waals surface area contributed by atoms with E-state index in [0.717, 1.165) is 0 Å². The van der Waals surface area contributed by atoms with E-state index in [9.17, 15) is 9.59 Å². The molecule has 0 aromatic heterocycles. The predicted molar refractivity (Wildman–Crippen MR) is 73.0 cm³/mol. The van der Waals surface area contributed by atoms with Gasteiger partial charge in [0.25, 0.3) is 0 Å². The van der Waals surface area contributed by atoms with Crippen molar-refractivity contribution in [3.63, 3.8) is 0 Å². The molecule has 0 radical (unpaired) electrons. The Morgan fingerprint density at radius 2 is 1.71 bits per heavy atom. The van der Waals surface area contributed by atoms with Crippen molar-refractivity contribution in [2.24, 2.45) is 11.8 Å². The lowest BCUT2D eigenvalue weighted by atomic mass is 10.1. The van der Waals surface area contributed by atoms with Gasteiger partial charge in [-0.05, 0) is 11.8 Å². The van der Waals surface area contributed by atoms with Gasteiger partial charge >= 0.3 is 0 Å². The highest BCUT2D eigenvalue weighted by molar-refractivity contribution is 9.10. The summed E-state index contributed by atoms with van der Waals surface area (Å²) in [6, 6.07) is 0. The van der Waals surface area contributed by atoms with Gasteiger partial charge in [-0.25, -0.2) is 0 Å². The van der Waals surface area contributed by atoms with Crippen molar-refractivity contribution in [1.82, 2.24) is 10.6 Å². The van der Waals surface area contributed by atoms with Crippen LogP contribution in [-0.4, -0.2) is 29.7 Å². The van der Waals surface area contributed by atoms with Crippen LogP contribution in [0.1, 0.15) is 34.1 Å². The van der Waals surface area contributed by atoms with Gasteiger partial charge in [0.05, 0.1) is 4.83 Å². The standard InChI is InChI=1S/C12H23BrN2O2/c1-8(2)7-15-10(16)5-6-14-12(17)11(13)9(3)4/h8-9,11H,5-7H2,1-4H3,(H,14,17)(H,15,16). The maximum Gasteiger partial charge on any atom is 0.234 e. The summed E-state index contributed by atoms with van der Waals surface area (Å²) in [7, 11) is 0.